The van der Waals surface area contributed by atoms with E-state index in [4.69, 9.17) is 5.73 Å². The van der Waals surface area contributed by atoms with Crippen molar-refractivity contribution in [3.05, 3.63) is 35.4 Å². The van der Waals surface area contributed by atoms with Gasteiger partial charge in [-0.1, -0.05) is 36.8 Å². The Morgan fingerprint density at radius 3 is 2.40 bits per heavy atom. The molecule has 0 saturated heterocycles. The molecule has 0 bridgehead atoms. The number of carbonyl (C=O) groups excluding carboxylic acids is 1. The van der Waals surface area contributed by atoms with Crippen LogP contribution in [0.3, 0.4) is 0 Å². The normalized spacial score (nSPS) is 11.6. The molecule has 0 aliphatic heterocycles. The van der Waals surface area contributed by atoms with Gasteiger partial charge < -0.3 is 10.6 Å². The van der Waals surface area contributed by atoms with E-state index < -0.39 is 0 Å². The second kappa shape index (κ2) is 9.78. The highest BCUT2D eigenvalue weighted by Crippen LogP contribution is 2.13. The molecule has 0 saturated carbocycles. The van der Waals surface area contributed by atoms with Gasteiger partial charge in [-0.15, -0.1) is 12.4 Å². The number of nitrogens with two attached hydrogens (primary N) is 1. The minimum Gasteiger partial charge on any atom is -0.342 e. The van der Waals surface area contributed by atoms with Gasteiger partial charge >= 0.3 is 0 Å². The average molecular weight is 299 g/mol. The topological polar surface area (TPSA) is 46.3 Å². The summed E-state index contributed by atoms with van der Waals surface area (Å²) in [4.78, 5) is 13.9. The van der Waals surface area contributed by atoms with Crippen molar-refractivity contribution in [2.24, 2.45) is 5.73 Å². The van der Waals surface area contributed by atoms with Gasteiger partial charge in [0.2, 0.25) is 5.91 Å². The summed E-state index contributed by atoms with van der Waals surface area (Å²) in [5.74, 6) is 0.199. The van der Waals surface area contributed by atoms with Crippen LogP contribution >= 0.6 is 12.4 Å². The summed E-state index contributed by atoms with van der Waals surface area (Å²) in [6, 6.07) is 8.82. The monoisotopic (exact) mass is 298 g/mol. The number of likely N-dealkylation sites (N-methyl/N-ethyl adjacent to an activating group) is 1. The number of hydrogen-bond donors (Lipinski definition) is 1. The maximum absolute atomic E-state index is 12.0. The first-order chi connectivity index (χ1) is 9.08. The third-order valence-corrected chi connectivity index (χ3v) is 3.60. The molecule has 4 heteroatoms. The Morgan fingerprint density at radius 1 is 1.30 bits per heavy atom. The molecule has 0 fully saturated rings. The largest absolute Gasteiger partial charge is 0.342 e. The molecule has 0 aliphatic carbocycles. The minimum atomic E-state index is 0. The SMILES string of the molecule is CCC(Cc1ccc(C)cc1)N(C)C(=O)CCCN.Cl. The number of nitrogens with zero attached hydrogens (tertiary/aromatic N) is 1. The Labute approximate surface area is 128 Å². The molecule has 114 valence electrons. The number of aryl methyl sites for hydroxylation is 1. The summed E-state index contributed by atoms with van der Waals surface area (Å²) < 4.78 is 0. The maximum Gasteiger partial charge on any atom is 0.222 e. The van der Waals surface area contributed by atoms with Gasteiger partial charge in [-0.2, -0.15) is 0 Å². The van der Waals surface area contributed by atoms with E-state index in [0.717, 1.165) is 19.3 Å². The quantitative estimate of drug-likeness (QED) is 0.841. The van der Waals surface area contributed by atoms with Crippen LogP contribution in [-0.4, -0.2) is 30.4 Å². The molecule has 1 aromatic carbocycles. The Balaban J connectivity index is 0.00000361. The maximum atomic E-state index is 12.0. The Morgan fingerprint density at radius 2 is 1.90 bits per heavy atom. The molecule has 0 radical (unpaired) electrons. The molecule has 1 rings (SSSR count). The Bertz CT molecular complexity index is 392. The second-order valence-electron chi connectivity index (χ2n) is 5.15. The van der Waals surface area contributed by atoms with Crippen molar-refractivity contribution < 1.29 is 4.79 Å². The van der Waals surface area contributed by atoms with Crippen molar-refractivity contribution in [2.75, 3.05) is 13.6 Å². The molecule has 1 atom stereocenters. The van der Waals surface area contributed by atoms with E-state index in [1.165, 1.54) is 11.1 Å². The fourth-order valence-electron chi connectivity index (χ4n) is 2.18. The van der Waals surface area contributed by atoms with Gasteiger partial charge in [0.05, 0.1) is 0 Å². The summed E-state index contributed by atoms with van der Waals surface area (Å²) in [6.07, 6.45) is 3.21. The second-order valence-corrected chi connectivity index (χ2v) is 5.15. The molecule has 1 aromatic rings. The lowest BCUT2D eigenvalue weighted by Crippen LogP contribution is -2.38. The van der Waals surface area contributed by atoms with Crippen LogP contribution in [0.15, 0.2) is 24.3 Å². The van der Waals surface area contributed by atoms with E-state index in [9.17, 15) is 4.79 Å². The lowest BCUT2D eigenvalue weighted by molar-refractivity contribution is -0.132. The van der Waals surface area contributed by atoms with Gasteiger partial charge in [-0.25, -0.2) is 0 Å². The first-order valence-corrected chi connectivity index (χ1v) is 7.09. The first-order valence-electron chi connectivity index (χ1n) is 7.09. The molecule has 0 aliphatic rings. The van der Waals surface area contributed by atoms with E-state index in [0.29, 0.717) is 13.0 Å². The van der Waals surface area contributed by atoms with Crippen molar-refractivity contribution in [3.8, 4) is 0 Å². The smallest absolute Gasteiger partial charge is 0.222 e. The molecule has 1 unspecified atom stereocenters. The molecule has 0 aromatic heterocycles. The number of halogens is 1. The van der Waals surface area contributed by atoms with E-state index in [1.807, 2.05) is 11.9 Å². The zero-order chi connectivity index (χ0) is 14.3. The molecular weight excluding hydrogens is 272 g/mol. The highest BCUT2D eigenvalue weighted by Gasteiger charge is 2.18. The standard InChI is InChI=1S/C16H26N2O.ClH/c1-4-15(18(3)16(19)6-5-11-17)12-14-9-7-13(2)8-10-14;/h7-10,15H,4-6,11-12,17H2,1-3H3;1H. The predicted octanol–water partition coefficient (Wildman–Crippen LogP) is 2.94. The van der Waals surface area contributed by atoms with Gasteiger partial charge in [0, 0.05) is 19.5 Å². The van der Waals surface area contributed by atoms with Gasteiger partial charge in [0.1, 0.15) is 0 Å². The van der Waals surface area contributed by atoms with E-state index >= 15 is 0 Å². The fourth-order valence-corrected chi connectivity index (χ4v) is 2.18. The van der Waals surface area contributed by atoms with Crippen LogP contribution in [0.2, 0.25) is 0 Å². The van der Waals surface area contributed by atoms with Crippen molar-refractivity contribution in [2.45, 2.75) is 45.6 Å². The number of rotatable bonds is 7. The van der Waals surface area contributed by atoms with Crippen LogP contribution in [0.25, 0.3) is 0 Å². The Kier molecular flexibility index (Phi) is 9.26. The van der Waals surface area contributed by atoms with Crippen molar-refractivity contribution in [1.82, 2.24) is 4.90 Å². The zero-order valence-corrected chi connectivity index (χ0v) is 13.6. The molecule has 0 heterocycles. The lowest BCUT2D eigenvalue weighted by atomic mass is 10.0. The lowest BCUT2D eigenvalue weighted by Gasteiger charge is -2.27. The summed E-state index contributed by atoms with van der Waals surface area (Å²) in [6.45, 7) is 4.80. The van der Waals surface area contributed by atoms with Crippen molar-refractivity contribution in [3.63, 3.8) is 0 Å². The molecule has 0 spiro atoms. The van der Waals surface area contributed by atoms with Gasteiger partial charge in [0.15, 0.2) is 0 Å². The molecule has 3 nitrogen and oxygen atoms in total. The summed E-state index contributed by atoms with van der Waals surface area (Å²) >= 11 is 0. The first kappa shape index (κ1) is 18.9. The van der Waals surface area contributed by atoms with Gasteiger partial charge in [-0.3, -0.25) is 4.79 Å². The van der Waals surface area contributed by atoms with Gasteiger partial charge in [0.25, 0.3) is 0 Å². The van der Waals surface area contributed by atoms with Crippen molar-refractivity contribution in [1.29, 1.82) is 0 Å². The molecule has 1 amide bonds. The summed E-state index contributed by atoms with van der Waals surface area (Å²) in [5, 5.41) is 0. The molecule has 20 heavy (non-hydrogen) atoms. The van der Waals surface area contributed by atoms with Crippen LogP contribution in [0.4, 0.5) is 0 Å². The average Bonchev–Trinajstić information content (AvgIpc) is 2.43. The number of amides is 1. The number of hydrogen-bond acceptors (Lipinski definition) is 2. The summed E-state index contributed by atoms with van der Waals surface area (Å²) in [5.41, 5.74) is 8.01. The molecular formula is C16H27ClN2O. The highest BCUT2D eigenvalue weighted by molar-refractivity contribution is 5.85. The fraction of sp³-hybridized carbons (Fsp3) is 0.562. The Hall–Kier alpha value is -1.06. The third kappa shape index (κ3) is 5.93. The highest BCUT2D eigenvalue weighted by atomic mass is 35.5. The zero-order valence-electron chi connectivity index (χ0n) is 12.8. The van der Waals surface area contributed by atoms with E-state index in [1.54, 1.807) is 0 Å². The van der Waals surface area contributed by atoms with Crippen LogP contribution in [0.5, 0.6) is 0 Å². The van der Waals surface area contributed by atoms with E-state index in [2.05, 4.69) is 38.1 Å². The van der Waals surface area contributed by atoms with Crippen LogP contribution in [-0.2, 0) is 11.2 Å². The van der Waals surface area contributed by atoms with Crippen LogP contribution < -0.4 is 5.73 Å². The minimum absolute atomic E-state index is 0. The molecule has 2 N–H and O–H groups in total. The number of benzene rings is 1. The van der Waals surface area contributed by atoms with Crippen LogP contribution in [0.1, 0.15) is 37.3 Å². The van der Waals surface area contributed by atoms with E-state index in [-0.39, 0.29) is 24.4 Å². The third-order valence-electron chi connectivity index (χ3n) is 3.60. The van der Waals surface area contributed by atoms with Crippen molar-refractivity contribution >= 4 is 18.3 Å². The predicted molar refractivity (Wildman–Crippen MR) is 87.3 cm³/mol. The van der Waals surface area contributed by atoms with Crippen LogP contribution in [0, 0.1) is 6.92 Å². The van der Waals surface area contributed by atoms with Gasteiger partial charge in [-0.05, 0) is 38.3 Å². The summed E-state index contributed by atoms with van der Waals surface area (Å²) in [7, 11) is 1.90. The number of carbonyl (C=O) groups is 1.